The van der Waals surface area contributed by atoms with Crippen LogP contribution in [0.5, 0.6) is 0 Å². The standard InChI is InChI=1S/C12H13ClN2/c1-8(14)6-10-7-9-4-2-3-5-11(9)15-12(10)13/h2-5,7-8H,6,14H2,1H3/t8-/m0/s1. The van der Waals surface area contributed by atoms with Crippen molar-refractivity contribution in [2.24, 2.45) is 5.73 Å². The summed E-state index contributed by atoms with van der Waals surface area (Å²) in [6, 6.07) is 10.1. The van der Waals surface area contributed by atoms with Gasteiger partial charge in [0.05, 0.1) is 5.52 Å². The second kappa shape index (κ2) is 4.17. The summed E-state index contributed by atoms with van der Waals surface area (Å²) in [7, 11) is 0. The Morgan fingerprint density at radius 2 is 2.13 bits per heavy atom. The van der Waals surface area contributed by atoms with Crippen LogP contribution >= 0.6 is 11.6 Å². The first kappa shape index (κ1) is 10.4. The van der Waals surface area contributed by atoms with Crippen molar-refractivity contribution in [3.63, 3.8) is 0 Å². The number of pyridine rings is 1. The SMILES string of the molecule is C[C@H](N)Cc1cc2ccccc2nc1Cl. The molecule has 2 N–H and O–H groups in total. The van der Waals surface area contributed by atoms with Gasteiger partial charge in [0.2, 0.25) is 0 Å². The zero-order valence-electron chi connectivity index (χ0n) is 8.57. The molecule has 1 heterocycles. The minimum absolute atomic E-state index is 0.102. The van der Waals surface area contributed by atoms with Gasteiger partial charge in [0.1, 0.15) is 5.15 Å². The number of benzene rings is 1. The van der Waals surface area contributed by atoms with Crippen molar-refractivity contribution in [2.75, 3.05) is 0 Å². The van der Waals surface area contributed by atoms with Gasteiger partial charge in [0.25, 0.3) is 0 Å². The summed E-state index contributed by atoms with van der Waals surface area (Å²) in [5.74, 6) is 0. The molecule has 15 heavy (non-hydrogen) atoms. The molecular formula is C12H13ClN2. The molecule has 1 aromatic heterocycles. The third kappa shape index (κ3) is 2.28. The number of hydrogen-bond acceptors (Lipinski definition) is 2. The lowest BCUT2D eigenvalue weighted by Gasteiger charge is -2.08. The molecule has 0 fully saturated rings. The van der Waals surface area contributed by atoms with Crippen LogP contribution in [0.1, 0.15) is 12.5 Å². The van der Waals surface area contributed by atoms with Crippen molar-refractivity contribution in [3.05, 3.63) is 41.0 Å². The average molecular weight is 221 g/mol. The fourth-order valence-electron chi connectivity index (χ4n) is 1.63. The third-order valence-electron chi connectivity index (χ3n) is 2.29. The van der Waals surface area contributed by atoms with Crippen molar-refractivity contribution >= 4 is 22.5 Å². The first-order valence-electron chi connectivity index (χ1n) is 4.96. The van der Waals surface area contributed by atoms with E-state index in [1.165, 1.54) is 0 Å². The molecule has 0 aliphatic heterocycles. The second-order valence-electron chi connectivity index (χ2n) is 3.81. The van der Waals surface area contributed by atoms with E-state index in [1.807, 2.05) is 31.2 Å². The summed E-state index contributed by atoms with van der Waals surface area (Å²) in [4.78, 5) is 4.34. The van der Waals surface area contributed by atoms with Crippen LogP contribution in [0.2, 0.25) is 5.15 Å². The zero-order chi connectivity index (χ0) is 10.8. The van der Waals surface area contributed by atoms with Gasteiger partial charge in [0, 0.05) is 11.4 Å². The normalized spacial score (nSPS) is 13.0. The molecule has 2 rings (SSSR count). The molecule has 3 heteroatoms. The van der Waals surface area contributed by atoms with Gasteiger partial charge in [-0.15, -0.1) is 0 Å². The lowest BCUT2D eigenvalue weighted by Crippen LogP contribution is -2.18. The smallest absolute Gasteiger partial charge is 0.133 e. The van der Waals surface area contributed by atoms with Crippen molar-refractivity contribution < 1.29 is 0 Å². The molecular weight excluding hydrogens is 208 g/mol. The number of nitrogens with zero attached hydrogens (tertiary/aromatic N) is 1. The molecule has 78 valence electrons. The highest BCUT2D eigenvalue weighted by Gasteiger charge is 2.06. The molecule has 0 radical (unpaired) electrons. The second-order valence-corrected chi connectivity index (χ2v) is 4.17. The largest absolute Gasteiger partial charge is 0.328 e. The van der Waals surface area contributed by atoms with Crippen LogP contribution in [-0.4, -0.2) is 11.0 Å². The third-order valence-corrected chi connectivity index (χ3v) is 2.62. The molecule has 0 aliphatic rings. The van der Waals surface area contributed by atoms with E-state index in [9.17, 15) is 0 Å². The molecule has 1 aromatic carbocycles. The molecule has 0 aliphatic carbocycles. The maximum Gasteiger partial charge on any atom is 0.133 e. The van der Waals surface area contributed by atoms with Crippen LogP contribution in [0, 0.1) is 0 Å². The van der Waals surface area contributed by atoms with Crippen LogP contribution in [0.25, 0.3) is 10.9 Å². The van der Waals surface area contributed by atoms with Gasteiger partial charge >= 0.3 is 0 Å². The Balaban J connectivity index is 2.52. The van der Waals surface area contributed by atoms with Crippen LogP contribution in [0.4, 0.5) is 0 Å². The molecule has 1 atom stereocenters. The first-order valence-corrected chi connectivity index (χ1v) is 5.34. The van der Waals surface area contributed by atoms with E-state index in [1.54, 1.807) is 0 Å². The lowest BCUT2D eigenvalue weighted by molar-refractivity contribution is 0.737. The highest BCUT2D eigenvalue weighted by Crippen LogP contribution is 2.21. The fourth-order valence-corrected chi connectivity index (χ4v) is 1.85. The predicted octanol–water partition coefficient (Wildman–Crippen LogP) is 2.78. The summed E-state index contributed by atoms with van der Waals surface area (Å²) in [6.07, 6.45) is 0.761. The van der Waals surface area contributed by atoms with Crippen molar-refractivity contribution in [1.82, 2.24) is 4.98 Å². The molecule has 0 bridgehead atoms. The molecule has 0 unspecified atom stereocenters. The van der Waals surface area contributed by atoms with Gasteiger partial charge in [-0.05, 0) is 31.0 Å². The maximum absolute atomic E-state index is 6.08. The van der Waals surface area contributed by atoms with E-state index < -0.39 is 0 Å². The zero-order valence-corrected chi connectivity index (χ0v) is 9.33. The van der Waals surface area contributed by atoms with Gasteiger partial charge in [-0.25, -0.2) is 4.98 Å². The van der Waals surface area contributed by atoms with E-state index in [0.717, 1.165) is 22.9 Å². The number of fused-ring (bicyclic) bond motifs is 1. The first-order chi connectivity index (χ1) is 7.16. The monoisotopic (exact) mass is 220 g/mol. The molecule has 0 amide bonds. The van der Waals surface area contributed by atoms with Crippen LogP contribution < -0.4 is 5.73 Å². The lowest BCUT2D eigenvalue weighted by atomic mass is 10.1. The van der Waals surface area contributed by atoms with Crippen LogP contribution in [-0.2, 0) is 6.42 Å². The Bertz CT molecular complexity index is 480. The van der Waals surface area contributed by atoms with E-state index >= 15 is 0 Å². The Morgan fingerprint density at radius 1 is 1.40 bits per heavy atom. The van der Waals surface area contributed by atoms with Gasteiger partial charge in [-0.2, -0.15) is 0 Å². The highest BCUT2D eigenvalue weighted by atomic mass is 35.5. The minimum atomic E-state index is 0.102. The van der Waals surface area contributed by atoms with Gasteiger partial charge in [0.15, 0.2) is 0 Å². The van der Waals surface area contributed by atoms with Crippen molar-refractivity contribution in [3.8, 4) is 0 Å². The van der Waals surface area contributed by atoms with Gasteiger partial charge in [-0.1, -0.05) is 29.8 Å². The Hall–Kier alpha value is -1.12. The van der Waals surface area contributed by atoms with E-state index in [0.29, 0.717) is 5.15 Å². The summed E-state index contributed by atoms with van der Waals surface area (Å²) < 4.78 is 0. The van der Waals surface area contributed by atoms with Crippen LogP contribution in [0.15, 0.2) is 30.3 Å². The van der Waals surface area contributed by atoms with Crippen LogP contribution in [0.3, 0.4) is 0 Å². The number of hydrogen-bond donors (Lipinski definition) is 1. The number of rotatable bonds is 2. The Morgan fingerprint density at radius 3 is 2.87 bits per heavy atom. The fraction of sp³-hybridized carbons (Fsp3) is 0.250. The van der Waals surface area contributed by atoms with E-state index in [4.69, 9.17) is 17.3 Å². The summed E-state index contributed by atoms with van der Waals surface area (Å²) in [5.41, 5.74) is 7.70. The van der Waals surface area contributed by atoms with Gasteiger partial charge in [-0.3, -0.25) is 0 Å². The summed E-state index contributed by atoms with van der Waals surface area (Å²) >= 11 is 6.08. The quantitative estimate of drug-likeness (QED) is 0.791. The average Bonchev–Trinajstić information content (AvgIpc) is 2.18. The Labute approximate surface area is 94.1 Å². The minimum Gasteiger partial charge on any atom is -0.328 e. The van der Waals surface area contributed by atoms with E-state index in [2.05, 4.69) is 11.1 Å². The maximum atomic E-state index is 6.08. The van der Waals surface area contributed by atoms with Gasteiger partial charge < -0.3 is 5.73 Å². The molecule has 0 spiro atoms. The topological polar surface area (TPSA) is 38.9 Å². The molecule has 0 saturated heterocycles. The predicted molar refractivity (Wildman–Crippen MR) is 64.1 cm³/mol. The molecule has 2 aromatic rings. The molecule has 0 saturated carbocycles. The van der Waals surface area contributed by atoms with Crippen molar-refractivity contribution in [2.45, 2.75) is 19.4 Å². The Kier molecular flexibility index (Phi) is 2.89. The number of para-hydroxylation sites is 1. The highest BCUT2D eigenvalue weighted by molar-refractivity contribution is 6.30. The number of halogens is 1. The summed E-state index contributed by atoms with van der Waals surface area (Å²) in [5, 5.41) is 1.67. The van der Waals surface area contributed by atoms with Crippen molar-refractivity contribution in [1.29, 1.82) is 0 Å². The van der Waals surface area contributed by atoms with E-state index in [-0.39, 0.29) is 6.04 Å². The summed E-state index contributed by atoms with van der Waals surface area (Å²) in [6.45, 7) is 1.96. The number of nitrogens with two attached hydrogens (primary N) is 1. The molecule has 2 nitrogen and oxygen atoms in total. The number of aromatic nitrogens is 1.